The molecule has 1 heterocycles. The normalized spacial score (nSPS) is 15.2. The first-order valence-corrected chi connectivity index (χ1v) is 5.52. The van der Waals surface area contributed by atoms with E-state index in [-0.39, 0.29) is 12.0 Å². The molecule has 17 heavy (non-hydrogen) atoms. The molecule has 90 valence electrons. The van der Waals surface area contributed by atoms with Crippen molar-refractivity contribution >= 4 is 5.91 Å². The van der Waals surface area contributed by atoms with E-state index in [1.54, 1.807) is 29.2 Å². The topological polar surface area (TPSA) is 49.8 Å². The van der Waals surface area contributed by atoms with Crippen molar-refractivity contribution in [1.29, 1.82) is 0 Å². The van der Waals surface area contributed by atoms with Gasteiger partial charge in [0, 0.05) is 13.1 Å². The van der Waals surface area contributed by atoms with E-state index in [4.69, 9.17) is 4.74 Å². The summed E-state index contributed by atoms with van der Waals surface area (Å²) in [7, 11) is 0. The molecular formula is C13H15NO3. The van der Waals surface area contributed by atoms with Crippen LogP contribution in [0.5, 0.6) is 5.75 Å². The molecule has 0 radical (unpaired) electrons. The summed E-state index contributed by atoms with van der Waals surface area (Å²) >= 11 is 0. The molecular weight excluding hydrogens is 218 g/mol. The first-order chi connectivity index (χ1) is 8.22. The van der Waals surface area contributed by atoms with Crippen molar-refractivity contribution in [2.75, 3.05) is 19.7 Å². The molecule has 1 aromatic carbocycles. The zero-order chi connectivity index (χ0) is 12.3. The van der Waals surface area contributed by atoms with E-state index in [9.17, 15) is 9.90 Å². The van der Waals surface area contributed by atoms with E-state index in [2.05, 4.69) is 6.58 Å². The summed E-state index contributed by atoms with van der Waals surface area (Å²) in [5, 5.41) is 9.19. The minimum atomic E-state index is -0.389. The van der Waals surface area contributed by atoms with Crippen molar-refractivity contribution < 1.29 is 14.6 Å². The minimum absolute atomic E-state index is 0.102. The van der Waals surface area contributed by atoms with Gasteiger partial charge in [-0.1, -0.05) is 24.8 Å². The van der Waals surface area contributed by atoms with Crippen LogP contribution in [0.2, 0.25) is 0 Å². The van der Waals surface area contributed by atoms with Crippen LogP contribution in [0.1, 0.15) is 10.4 Å². The molecule has 1 aromatic rings. The number of hydrogen-bond donors (Lipinski definition) is 1. The van der Waals surface area contributed by atoms with E-state index in [0.29, 0.717) is 31.0 Å². The molecule has 1 aliphatic rings. The molecule has 1 saturated heterocycles. The van der Waals surface area contributed by atoms with Gasteiger partial charge in [0.15, 0.2) is 0 Å². The van der Waals surface area contributed by atoms with Gasteiger partial charge in [-0.15, -0.1) is 0 Å². The Bertz CT molecular complexity index is 424. The van der Waals surface area contributed by atoms with Crippen molar-refractivity contribution in [3.8, 4) is 5.75 Å². The third-order valence-corrected chi connectivity index (χ3v) is 2.62. The van der Waals surface area contributed by atoms with E-state index in [1.807, 2.05) is 6.07 Å². The molecule has 0 aromatic heterocycles. The number of amides is 1. The Labute approximate surface area is 100 Å². The Hall–Kier alpha value is -1.81. The zero-order valence-corrected chi connectivity index (χ0v) is 9.50. The first kappa shape index (κ1) is 11.7. The second-order valence-corrected chi connectivity index (χ2v) is 3.96. The lowest BCUT2D eigenvalue weighted by Crippen LogP contribution is -2.53. The van der Waals surface area contributed by atoms with Crippen LogP contribution in [0.25, 0.3) is 0 Å². The summed E-state index contributed by atoms with van der Waals surface area (Å²) in [6, 6.07) is 7.10. The summed E-state index contributed by atoms with van der Waals surface area (Å²) in [5.41, 5.74) is 0.529. The van der Waals surface area contributed by atoms with Gasteiger partial charge in [0.2, 0.25) is 0 Å². The molecule has 0 unspecified atom stereocenters. The number of hydrogen-bond acceptors (Lipinski definition) is 3. The number of aliphatic hydroxyl groups excluding tert-OH is 1. The van der Waals surface area contributed by atoms with E-state index in [1.165, 1.54) is 0 Å². The fourth-order valence-corrected chi connectivity index (χ4v) is 1.71. The molecule has 4 nitrogen and oxygen atoms in total. The van der Waals surface area contributed by atoms with Gasteiger partial charge < -0.3 is 14.7 Å². The van der Waals surface area contributed by atoms with Gasteiger partial charge in [0.25, 0.3) is 5.91 Å². The van der Waals surface area contributed by atoms with Crippen LogP contribution >= 0.6 is 0 Å². The van der Waals surface area contributed by atoms with Gasteiger partial charge in [-0.05, 0) is 12.1 Å². The molecule has 0 aliphatic carbocycles. The highest BCUT2D eigenvalue weighted by Crippen LogP contribution is 2.22. The lowest BCUT2D eigenvalue weighted by atomic mass is 10.1. The van der Waals surface area contributed by atoms with Crippen LogP contribution in [0.3, 0.4) is 0 Å². The quantitative estimate of drug-likeness (QED) is 0.791. The van der Waals surface area contributed by atoms with Crippen molar-refractivity contribution in [2.24, 2.45) is 0 Å². The van der Waals surface area contributed by atoms with Gasteiger partial charge in [0.1, 0.15) is 12.4 Å². The molecule has 0 bridgehead atoms. The minimum Gasteiger partial charge on any atom is -0.489 e. The Morgan fingerprint density at radius 2 is 2.24 bits per heavy atom. The maximum absolute atomic E-state index is 12.1. The predicted octanol–water partition coefficient (Wildman–Crippen LogP) is 1.07. The SMILES string of the molecule is C=CCOc1ccccc1C(=O)N1CC(O)C1. The maximum atomic E-state index is 12.1. The molecule has 0 saturated carbocycles. The van der Waals surface area contributed by atoms with Crippen molar-refractivity contribution in [3.63, 3.8) is 0 Å². The van der Waals surface area contributed by atoms with Crippen LogP contribution < -0.4 is 4.74 Å². The summed E-state index contributed by atoms with van der Waals surface area (Å²) in [5.74, 6) is 0.453. The number of rotatable bonds is 4. The average molecular weight is 233 g/mol. The number of ether oxygens (including phenoxy) is 1. The van der Waals surface area contributed by atoms with Gasteiger partial charge >= 0.3 is 0 Å². The summed E-state index contributed by atoms with van der Waals surface area (Å²) in [4.78, 5) is 13.7. The maximum Gasteiger partial charge on any atom is 0.257 e. The molecule has 1 aliphatic heterocycles. The molecule has 4 heteroatoms. The fourth-order valence-electron chi connectivity index (χ4n) is 1.71. The van der Waals surface area contributed by atoms with Crippen molar-refractivity contribution in [1.82, 2.24) is 4.90 Å². The van der Waals surface area contributed by atoms with Gasteiger partial charge in [0.05, 0.1) is 11.7 Å². The van der Waals surface area contributed by atoms with E-state index >= 15 is 0 Å². The number of para-hydroxylation sites is 1. The molecule has 0 atom stereocenters. The summed E-state index contributed by atoms with van der Waals surface area (Å²) in [6.45, 7) is 4.73. The number of carbonyl (C=O) groups is 1. The third-order valence-electron chi connectivity index (χ3n) is 2.62. The van der Waals surface area contributed by atoms with Crippen LogP contribution in [0.15, 0.2) is 36.9 Å². The number of likely N-dealkylation sites (tertiary alicyclic amines) is 1. The Morgan fingerprint density at radius 3 is 2.88 bits per heavy atom. The fraction of sp³-hybridized carbons (Fsp3) is 0.308. The number of aliphatic hydroxyl groups is 1. The van der Waals surface area contributed by atoms with Gasteiger partial charge in [-0.25, -0.2) is 0 Å². The molecule has 1 fully saturated rings. The highest BCUT2D eigenvalue weighted by Gasteiger charge is 2.30. The van der Waals surface area contributed by atoms with Crippen LogP contribution in [0.4, 0.5) is 0 Å². The second-order valence-electron chi connectivity index (χ2n) is 3.96. The Morgan fingerprint density at radius 1 is 1.53 bits per heavy atom. The molecule has 1 amide bonds. The predicted molar refractivity (Wildman–Crippen MR) is 64.0 cm³/mol. The van der Waals surface area contributed by atoms with E-state index in [0.717, 1.165) is 0 Å². The highest BCUT2D eigenvalue weighted by molar-refractivity contribution is 5.97. The first-order valence-electron chi connectivity index (χ1n) is 5.52. The van der Waals surface area contributed by atoms with Crippen molar-refractivity contribution in [2.45, 2.75) is 6.10 Å². The average Bonchev–Trinajstić information content (AvgIpc) is 2.32. The molecule has 1 N–H and O–H groups in total. The van der Waals surface area contributed by atoms with Crippen LogP contribution in [0, 0.1) is 0 Å². The van der Waals surface area contributed by atoms with Crippen molar-refractivity contribution in [3.05, 3.63) is 42.5 Å². The van der Waals surface area contributed by atoms with Gasteiger partial charge in [-0.3, -0.25) is 4.79 Å². The standard InChI is InChI=1S/C13H15NO3/c1-2-7-17-12-6-4-3-5-11(12)13(16)14-8-10(15)9-14/h2-6,10,15H,1,7-9H2. The van der Waals surface area contributed by atoms with E-state index < -0.39 is 0 Å². The lowest BCUT2D eigenvalue weighted by molar-refractivity contribution is 0.00567. The Balaban J connectivity index is 2.13. The monoisotopic (exact) mass is 233 g/mol. The number of benzene rings is 1. The molecule has 0 spiro atoms. The second kappa shape index (κ2) is 5.01. The number of nitrogens with zero attached hydrogens (tertiary/aromatic N) is 1. The summed E-state index contributed by atoms with van der Waals surface area (Å²) in [6.07, 6.45) is 1.24. The zero-order valence-electron chi connectivity index (χ0n) is 9.50. The number of β-amino-alcohol motifs (C(OH)–C–C–N with tert-alkyl or cyclic N) is 1. The number of carbonyl (C=O) groups excluding carboxylic acids is 1. The smallest absolute Gasteiger partial charge is 0.257 e. The third kappa shape index (κ3) is 2.47. The molecule has 2 rings (SSSR count). The largest absolute Gasteiger partial charge is 0.489 e. The Kier molecular flexibility index (Phi) is 3.44. The lowest BCUT2D eigenvalue weighted by Gasteiger charge is -2.36. The van der Waals surface area contributed by atoms with Crippen LogP contribution in [-0.4, -0.2) is 41.7 Å². The summed E-state index contributed by atoms with van der Waals surface area (Å²) < 4.78 is 5.42. The highest BCUT2D eigenvalue weighted by atomic mass is 16.5. The van der Waals surface area contributed by atoms with Gasteiger partial charge in [-0.2, -0.15) is 0 Å². The van der Waals surface area contributed by atoms with Crippen LogP contribution in [-0.2, 0) is 0 Å².